The summed E-state index contributed by atoms with van der Waals surface area (Å²) in [5.41, 5.74) is 4.54. The summed E-state index contributed by atoms with van der Waals surface area (Å²) in [4.78, 5) is 33.1. The van der Waals surface area contributed by atoms with E-state index < -0.39 is 24.4 Å². The first-order valence-corrected chi connectivity index (χ1v) is 13.3. The Kier molecular flexibility index (Phi) is 9.20. The normalized spacial score (nSPS) is 16.2. The van der Waals surface area contributed by atoms with Gasteiger partial charge in [0.1, 0.15) is 0 Å². The van der Waals surface area contributed by atoms with Crippen LogP contribution in [0.15, 0.2) is 48.6 Å². The summed E-state index contributed by atoms with van der Waals surface area (Å²) in [7, 11) is 7.37. The molecular weight excluding hydrogens is 527 g/mol. The zero-order valence-electron chi connectivity index (χ0n) is 22.2. The lowest BCUT2D eigenvalue weighted by molar-refractivity contribution is -0.152. The molecule has 2 aromatic carbocycles. The van der Waals surface area contributed by atoms with E-state index in [1.54, 1.807) is 0 Å². The summed E-state index contributed by atoms with van der Waals surface area (Å²) in [5, 5.41) is 1.34. The molecule has 0 amide bonds. The maximum Gasteiger partial charge on any atom is 0.332 e. The minimum Gasteiger partial charge on any atom is -0.441 e. The second-order valence-corrected chi connectivity index (χ2v) is 10.9. The monoisotopic (exact) mass is 560 g/mol. The van der Waals surface area contributed by atoms with Gasteiger partial charge in [-0.05, 0) is 76.4 Å². The van der Waals surface area contributed by atoms with E-state index in [-0.39, 0.29) is 0 Å². The molecule has 2 atom stereocenters. The molecule has 2 aliphatic rings. The van der Waals surface area contributed by atoms with Gasteiger partial charge in [0.2, 0.25) is 0 Å². The van der Waals surface area contributed by atoms with Crippen molar-refractivity contribution in [3.63, 3.8) is 0 Å². The molecule has 2 aromatic rings. The molecule has 0 aromatic heterocycles. The largest absolute Gasteiger partial charge is 0.441 e. The number of halogens is 2. The van der Waals surface area contributed by atoms with E-state index in [9.17, 15) is 9.59 Å². The van der Waals surface area contributed by atoms with Crippen molar-refractivity contribution < 1.29 is 19.1 Å². The molecule has 10 heteroatoms. The number of rotatable bonds is 10. The molecule has 204 valence electrons. The number of fused-ring (bicyclic) bond motifs is 2. The highest BCUT2D eigenvalue weighted by atomic mass is 35.5. The van der Waals surface area contributed by atoms with Crippen molar-refractivity contribution in [1.82, 2.24) is 9.80 Å². The number of anilines is 2. The van der Waals surface area contributed by atoms with Crippen LogP contribution in [0.4, 0.5) is 11.4 Å². The summed E-state index contributed by atoms with van der Waals surface area (Å²) in [6.07, 6.45) is 3.04. The molecular formula is C28H34Cl2N4O4. The van der Waals surface area contributed by atoms with Crippen molar-refractivity contribution in [3.8, 4) is 0 Å². The number of likely N-dealkylation sites (N-methyl/N-ethyl adjacent to an activating group) is 2. The van der Waals surface area contributed by atoms with Crippen LogP contribution in [-0.4, -0.2) is 88.6 Å². The Morgan fingerprint density at radius 1 is 0.789 bits per heavy atom. The number of hydrogen-bond acceptors (Lipinski definition) is 8. The van der Waals surface area contributed by atoms with E-state index >= 15 is 0 Å². The lowest BCUT2D eigenvalue weighted by Crippen LogP contribution is -2.43. The second-order valence-electron chi connectivity index (χ2n) is 9.98. The predicted molar refractivity (Wildman–Crippen MR) is 151 cm³/mol. The summed E-state index contributed by atoms with van der Waals surface area (Å²) in [5.74, 6) is -1.23. The SMILES string of the molecule is CN(C)C(CN1CCc2ccc(Cl)cc21)OC(=O)/C=C/C(=O)OC(CN1CCc2ccc(Cl)cc21)N(C)C. The minimum absolute atomic E-state index is 0.481. The minimum atomic E-state index is -0.615. The Morgan fingerprint density at radius 3 is 1.55 bits per heavy atom. The fourth-order valence-corrected chi connectivity index (χ4v) is 5.02. The Labute approximate surface area is 234 Å². The molecule has 0 fully saturated rings. The van der Waals surface area contributed by atoms with Crippen LogP contribution in [0.3, 0.4) is 0 Å². The van der Waals surface area contributed by atoms with Crippen molar-refractivity contribution in [1.29, 1.82) is 0 Å². The first-order valence-electron chi connectivity index (χ1n) is 12.6. The molecule has 0 saturated heterocycles. The number of esters is 2. The van der Waals surface area contributed by atoms with Gasteiger partial charge in [-0.2, -0.15) is 0 Å². The van der Waals surface area contributed by atoms with Gasteiger partial charge in [0.25, 0.3) is 0 Å². The van der Waals surface area contributed by atoms with Crippen molar-refractivity contribution in [2.75, 3.05) is 64.2 Å². The van der Waals surface area contributed by atoms with Gasteiger partial charge in [0, 0.05) is 46.7 Å². The summed E-state index contributed by atoms with van der Waals surface area (Å²) >= 11 is 12.4. The molecule has 0 bridgehead atoms. The van der Waals surface area contributed by atoms with Crippen molar-refractivity contribution >= 4 is 46.5 Å². The molecule has 2 heterocycles. The Hall–Kier alpha value is -2.78. The van der Waals surface area contributed by atoms with Crippen LogP contribution in [0.5, 0.6) is 0 Å². The summed E-state index contributed by atoms with van der Waals surface area (Å²) in [6.45, 7) is 2.60. The quantitative estimate of drug-likeness (QED) is 0.247. The van der Waals surface area contributed by atoms with E-state index in [4.69, 9.17) is 32.7 Å². The van der Waals surface area contributed by atoms with Gasteiger partial charge in [-0.25, -0.2) is 9.59 Å². The molecule has 0 N–H and O–H groups in total. The molecule has 0 spiro atoms. The summed E-state index contributed by atoms with van der Waals surface area (Å²) in [6, 6.07) is 11.7. The van der Waals surface area contributed by atoms with Crippen LogP contribution in [0.2, 0.25) is 10.0 Å². The van der Waals surface area contributed by atoms with Crippen LogP contribution in [0, 0.1) is 0 Å². The van der Waals surface area contributed by atoms with Crippen LogP contribution < -0.4 is 9.80 Å². The van der Waals surface area contributed by atoms with Gasteiger partial charge in [0.05, 0.1) is 13.1 Å². The molecule has 38 heavy (non-hydrogen) atoms. The fraction of sp³-hybridized carbons (Fsp3) is 0.429. The van der Waals surface area contributed by atoms with E-state index in [1.165, 1.54) is 11.1 Å². The second kappa shape index (κ2) is 12.4. The van der Waals surface area contributed by atoms with E-state index in [0.29, 0.717) is 23.1 Å². The highest BCUT2D eigenvalue weighted by molar-refractivity contribution is 6.31. The standard InChI is InChI=1S/C28H34Cl2N4O4/c1-31(2)25(17-33-13-11-19-5-7-21(29)15-23(19)33)37-27(35)9-10-28(36)38-26(32(3)4)18-34-14-12-20-6-8-22(30)16-24(20)34/h5-10,15-16,25-26H,11-14,17-18H2,1-4H3/b10-9+. The number of ether oxygens (including phenoxy) is 2. The molecule has 0 saturated carbocycles. The lowest BCUT2D eigenvalue weighted by atomic mass is 10.2. The van der Waals surface area contributed by atoms with Gasteiger partial charge in [-0.3, -0.25) is 9.80 Å². The first kappa shape index (κ1) is 28.2. The summed E-state index contributed by atoms with van der Waals surface area (Å²) < 4.78 is 11.3. The average Bonchev–Trinajstić information content (AvgIpc) is 3.45. The van der Waals surface area contributed by atoms with Crippen molar-refractivity contribution in [2.45, 2.75) is 25.3 Å². The number of hydrogen-bond donors (Lipinski definition) is 0. The van der Waals surface area contributed by atoms with Gasteiger partial charge >= 0.3 is 11.9 Å². The van der Waals surface area contributed by atoms with E-state index in [2.05, 4.69) is 9.80 Å². The molecule has 8 nitrogen and oxygen atoms in total. The smallest absolute Gasteiger partial charge is 0.332 e. The fourth-order valence-electron chi connectivity index (χ4n) is 4.69. The highest BCUT2D eigenvalue weighted by Crippen LogP contribution is 2.32. The van der Waals surface area contributed by atoms with Crippen LogP contribution in [0.25, 0.3) is 0 Å². The van der Waals surface area contributed by atoms with E-state index in [1.807, 2.05) is 74.4 Å². The Bertz CT molecular complexity index is 1110. The first-order chi connectivity index (χ1) is 18.1. The lowest BCUT2D eigenvalue weighted by Gasteiger charge is -2.30. The zero-order chi connectivity index (χ0) is 27.4. The molecule has 4 rings (SSSR count). The van der Waals surface area contributed by atoms with Crippen molar-refractivity contribution in [3.05, 3.63) is 69.7 Å². The average molecular weight is 562 g/mol. The Morgan fingerprint density at radius 2 is 1.18 bits per heavy atom. The van der Waals surface area contributed by atoms with Crippen LogP contribution in [0.1, 0.15) is 11.1 Å². The number of benzene rings is 2. The number of carbonyl (C=O) groups is 2. The number of nitrogens with zero attached hydrogens (tertiary/aromatic N) is 4. The topological polar surface area (TPSA) is 65.6 Å². The van der Waals surface area contributed by atoms with Gasteiger partial charge in [-0.15, -0.1) is 0 Å². The Balaban J connectivity index is 1.32. The maximum absolute atomic E-state index is 12.6. The molecule has 0 radical (unpaired) electrons. The third-order valence-corrected chi connectivity index (χ3v) is 7.31. The molecule has 2 aliphatic heterocycles. The third kappa shape index (κ3) is 6.99. The van der Waals surface area contributed by atoms with Crippen LogP contribution >= 0.6 is 23.2 Å². The number of carbonyl (C=O) groups excluding carboxylic acids is 2. The van der Waals surface area contributed by atoms with Crippen LogP contribution in [-0.2, 0) is 31.9 Å². The van der Waals surface area contributed by atoms with Gasteiger partial charge in [-0.1, -0.05) is 35.3 Å². The third-order valence-electron chi connectivity index (χ3n) is 6.84. The maximum atomic E-state index is 12.6. The highest BCUT2D eigenvalue weighted by Gasteiger charge is 2.27. The van der Waals surface area contributed by atoms with Gasteiger partial charge in [0.15, 0.2) is 12.5 Å². The zero-order valence-corrected chi connectivity index (χ0v) is 23.7. The van der Waals surface area contributed by atoms with Crippen molar-refractivity contribution in [2.24, 2.45) is 0 Å². The predicted octanol–water partition coefficient (Wildman–Crippen LogP) is 3.84. The molecule has 0 aliphatic carbocycles. The van der Waals surface area contributed by atoms with E-state index in [0.717, 1.165) is 49.5 Å². The van der Waals surface area contributed by atoms with Gasteiger partial charge < -0.3 is 19.3 Å². The molecule has 2 unspecified atom stereocenters.